The maximum absolute atomic E-state index is 12.5. The molecule has 0 spiro atoms. The summed E-state index contributed by atoms with van der Waals surface area (Å²) in [6.07, 6.45) is 1.70. The highest BCUT2D eigenvalue weighted by Crippen LogP contribution is 2.21. The van der Waals surface area contributed by atoms with Gasteiger partial charge in [-0.05, 0) is 42.8 Å². The third-order valence-electron chi connectivity index (χ3n) is 3.18. The molecule has 0 saturated carbocycles. The van der Waals surface area contributed by atoms with Gasteiger partial charge in [0.25, 0.3) is 5.91 Å². The molecule has 4 heteroatoms. The zero-order chi connectivity index (χ0) is 14.8. The number of nitrogens with one attached hydrogen (secondary N) is 1. The van der Waals surface area contributed by atoms with E-state index < -0.39 is 0 Å². The molecule has 0 radical (unpaired) electrons. The van der Waals surface area contributed by atoms with Crippen LogP contribution in [0.25, 0.3) is 10.9 Å². The number of carbonyl (C=O) groups is 1. The van der Waals surface area contributed by atoms with Crippen molar-refractivity contribution in [2.45, 2.75) is 6.92 Å². The van der Waals surface area contributed by atoms with Crippen LogP contribution in [0, 0.1) is 6.92 Å². The molecule has 21 heavy (non-hydrogen) atoms. The number of anilines is 1. The monoisotopic (exact) mass is 340 g/mol. The molecule has 1 aromatic heterocycles. The molecule has 0 saturated heterocycles. The molecule has 0 aliphatic heterocycles. The van der Waals surface area contributed by atoms with E-state index in [9.17, 15) is 4.79 Å². The first-order chi connectivity index (χ1) is 10.1. The van der Waals surface area contributed by atoms with E-state index in [-0.39, 0.29) is 5.91 Å². The smallest absolute Gasteiger partial charge is 0.257 e. The summed E-state index contributed by atoms with van der Waals surface area (Å²) in [5.74, 6) is -0.156. The fraction of sp³-hybridized carbons (Fsp3) is 0.0588. The number of nitrogens with zero attached hydrogens (tertiary/aromatic N) is 1. The van der Waals surface area contributed by atoms with Crippen molar-refractivity contribution in [1.29, 1.82) is 0 Å². The Morgan fingerprint density at radius 2 is 1.95 bits per heavy atom. The summed E-state index contributed by atoms with van der Waals surface area (Å²) in [5, 5.41) is 3.88. The van der Waals surface area contributed by atoms with Crippen molar-refractivity contribution < 1.29 is 4.79 Å². The molecule has 1 amide bonds. The van der Waals surface area contributed by atoms with E-state index in [1.807, 2.05) is 49.4 Å². The Labute approximate surface area is 131 Å². The molecule has 0 unspecified atom stereocenters. The van der Waals surface area contributed by atoms with Crippen molar-refractivity contribution in [3.63, 3.8) is 0 Å². The number of carbonyl (C=O) groups excluding carboxylic acids is 1. The van der Waals surface area contributed by atoms with Crippen molar-refractivity contribution in [2.75, 3.05) is 5.32 Å². The lowest BCUT2D eigenvalue weighted by Gasteiger charge is -2.08. The number of hydrogen-bond acceptors (Lipinski definition) is 2. The Kier molecular flexibility index (Phi) is 3.71. The fourth-order valence-electron chi connectivity index (χ4n) is 2.29. The molecule has 0 aliphatic carbocycles. The number of para-hydroxylation sites is 1. The Balaban J connectivity index is 1.97. The van der Waals surface area contributed by atoms with E-state index in [1.165, 1.54) is 0 Å². The second-order valence-electron chi connectivity index (χ2n) is 4.85. The summed E-state index contributed by atoms with van der Waals surface area (Å²) in [6.45, 7) is 1.99. The summed E-state index contributed by atoms with van der Waals surface area (Å²) in [7, 11) is 0. The van der Waals surface area contributed by atoms with Crippen LogP contribution in [0.3, 0.4) is 0 Å². The third-order valence-corrected chi connectivity index (χ3v) is 3.64. The van der Waals surface area contributed by atoms with Crippen molar-refractivity contribution in [1.82, 2.24) is 4.98 Å². The van der Waals surface area contributed by atoms with E-state index in [4.69, 9.17) is 0 Å². The number of benzene rings is 2. The molecule has 0 atom stereocenters. The zero-order valence-electron chi connectivity index (χ0n) is 11.4. The summed E-state index contributed by atoms with van der Waals surface area (Å²) >= 11 is 3.44. The highest BCUT2D eigenvalue weighted by molar-refractivity contribution is 9.10. The number of fused-ring (bicyclic) bond motifs is 1. The van der Waals surface area contributed by atoms with Gasteiger partial charge >= 0.3 is 0 Å². The molecule has 2 aromatic carbocycles. The Morgan fingerprint density at radius 3 is 2.76 bits per heavy atom. The molecule has 1 heterocycles. The van der Waals surface area contributed by atoms with E-state index >= 15 is 0 Å². The third kappa shape index (κ3) is 2.95. The van der Waals surface area contributed by atoms with Crippen LogP contribution in [-0.2, 0) is 0 Å². The van der Waals surface area contributed by atoms with Crippen LogP contribution >= 0.6 is 15.9 Å². The second-order valence-corrected chi connectivity index (χ2v) is 5.77. The van der Waals surface area contributed by atoms with Gasteiger partial charge < -0.3 is 5.32 Å². The number of rotatable bonds is 2. The molecule has 0 fully saturated rings. The van der Waals surface area contributed by atoms with Gasteiger partial charge in [0.2, 0.25) is 0 Å². The van der Waals surface area contributed by atoms with Crippen LogP contribution in [0.2, 0.25) is 0 Å². The van der Waals surface area contributed by atoms with E-state index in [0.29, 0.717) is 11.1 Å². The normalized spacial score (nSPS) is 10.6. The van der Waals surface area contributed by atoms with Crippen LogP contribution in [0.1, 0.15) is 15.9 Å². The van der Waals surface area contributed by atoms with Crippen LogP contribution < -0.4 is 5.32 Å². The maximum Gasteiger partial charge on any atom is 0.257 e. The average Bonchev–Trinajstić information content (AvgIpc) is 2.45. The van der Waals surface area contributed by atoms with Gasteiger partial charge in [-0.3, -0.25) is 9.78 Å². The number of amides is 1. The average molecular weight is 341 g/mol. The van der Waals surface area contributed by atoms with E-state index in [1.54, 1.807) is 12.3 Å². The summed E-state index contributed by atoms with van der Waals surface area (Å²) in [4.78, 5) is 16.8. The highest BCUT2D eigenvalue weighted by Gasteiger charge is 2.11. The van der Waals surface area contributed by atoms with Gasteiger partial charge in [-0.1, -0.05) is 34.1 Å². The molecule has 1 N–H and O–H groups in total. The first-order valence-corrected chi connectivity index (χ1v) is 7.35. The minimum atomic E-state index is -0.156. The molecule has 0 bridgehead atoms. The topological polar surface area (TPSA) is 42.0 Å². The van der Waals surface area contributed by atoms with Crippen molar-refractivity contribution in [3.05, 3.63) is 70.3 Å². The van der Waals surface area contributed by atoms with Crippen LogP contribution in [0.15, 0.2) is 59.2 Å². The zero-order valence-corrected chi connectivity index (χ0v) is 13.0. The summed E-state index contributed by atoms with van der Waals surface area (Å²) in [5.41, 5.74) is 3.13. The van der Waals surface area contributed by atoms with Gasteiger partial charge in [0.05, 0.1) is 11.1 Å². The van der Waals surface area contributed by atoms with Gasteiger partial charge in [0.15, 0.2) is 0 Å². The van der Waals surface area contributed by atoms with Gasteiger partial charge in [0.1, 0.15) is 0 Å². The van der Waals surface area contributed by atoms with Crippen molar-refractivity contribution in [3.8, 4) is 0 Å². The second kappa shape index (κ2) is 5.66. The lowest BCUT2D eigenvalue weighted by atomic mass is 10.1. The maximum atomic E-state index is 12.5. The first-order valence-electron chi connectivity index (χ1n) is 6.56. The molecule has 3 rings (SSSR count). The predicted octanol–water partition coefficient (Wildman–Crippen LogP) is 4.56. The quantitative estimate of drug-likeness (QED) is 0.743. The Morgan fingerprint density at radius 1 is 1.14 bits per heavy atom. The van der Waals surface area contributed by atoms with Crippen molar-refractivity contribution >= 4 is 38.4 Å². The first kappa shape index (κ1) is 13.8. The Bertz CT molecular complexity index is 804. The van der Waals surface area contributed by atoms with E-state index in [0.717, 1.165) is 21.1 Å². The standard InChI is InChI=1S/C17H13BrN2O/c1-11-8-13(18)10-14(9-11)20-17(21)15-6-2-4-12-5-3-7-19-16(12)15/h2-10H,1H3,(H,20,21). The van der Waals surface area contributed by atoms with Gasteiger partial charge in [-0.25, -0.2) is 0 Å². The number of hydrogen-bond donors (Lipinski definition) is 1. The molecular formula is C17H13BrN2O. The van der Waals surface area contributed by atoms with Gasteiger partial charge in [-0.15, -0.1) is 0 Å². The molecule has 3 aromatic rings. The lowest BCUT2D eigenvalue weighted by Crippen LogP contribution is -2.12. The largest absolute Gasteiger partial charge is 0.322 e. The fourth-order valence-corrected chi connectivity index (χ4v) is 2.90. The summed E-state index contributed by atoms with van der Waals surface area (Å²) < 4.78 is 0.939. The lowest BCUT2D eigenvalue weighted by molar-refractivity contribution is 0.102. The van der Waals surface area contributed by atoms with Crippen LogP contribution in [0.4, 0.5) is 5.69 Å². The van der Waals surface area contributed by atoms with Gasteiger partial charge in [-0.2, -0.15) is 0 Å². The number of aryl methyl sites for hydroxylation is 1. The molecule has 104 valence electrons. The van der Waals surface area contributed by atoms with Crippen LogP contribution in [-0.4, -0.2) is 10.9 Å². The molecule has 3 nitrogen and oxygen atoms in total. The van der Waals surface area contributed by atoms with E-state index in [2.05, 4.69) is 26.2 Å². The SMILES string of the molecule is Cc1cc(Br)cc(NC(=O)c2cccc3cccnc23)c1. The number of pyridine rings is 1. The molecular weight excluding hydrogens is 328 g/mol. The molecule has 0 aliphatic rings. The Hall–Kier alpha value is -2.20. The highest BCUT2D eigenvalue weighted by atomic mass is 79.9. The van der Waals surface area contributed by atoms with Gasteiger partial charge in [0, 0.05) is 21.7 Å². The predicted molar refractivity (Wildman–Crippen MR) is 88.6 cm³/mol. The minimum absolute atomic E-state index is 0.156. The summed E-state index contributed by atoms with van der Waals surface area (Å²) in [6, 6.07) is 15.2. The number of aromatic nitrogens is 1. The van der Waals surface area contributed by atoms with Crippen LogP contribution in [0.5, 0.6) is 0 Å². The minimum Gasteiger partial charge on any atom is -0.322 e. The number of halogens is 1. The van der Waals surface area contributed by atoms with Crippen molar-refractivity contribution in [2.24, 2.45) is 0 Å².